The summed E-state index contributed by atoms with van der Waals surface area (Å²) in [5, 5.41) is 5.80. The molecule has 0 unspecified atom stereocenters. The molecule has 0 bridgehead atoms. The number of amides is 1. The smallest absolute Gasteiger partial charge is 0.226 e. The molecule has 0 spiro atoms. The van der Waals surface area contributed by atoms with Crippen molar-refractivity contribution in [2.24, 2.45) is 5.73 Å². The van der Waals surface area contributed by atoms with Crippen molar-refractivity contribution in [3.8, 4) is 10.6 Å². The van der Waals surface area contributed by atoms with Gasteiger partial charge < -0.3 is 11.1 Å². The lowest BCUT2D eigenvalue weighted by Crippen LogP contribution is -2.26. The summed E-state index contributed by atoms with van der Waals surface area (Å²) in [7, 11) is 0. The normalized spacial score (nSPS) is 10.6. The van der Waals surface area contributed by atoms with E-state index in [-0.39, 0.29) is 5.91 Å². The Morgan fingerprint density at radius 2 is 2.10 bits per heavy atom. The second-order valence-corrected chi connectivity index (χ2v) is 5.78. The Bertz CT molecular complexity index is 577. The summed E-state index contributed by atoms with van der Waals surface area (Å²) >= 11 is 1.56. The predicted molar refractivity (Wildman–Crippen MR) is 87.1 cm³/mol. The molecule has 0 radical (unpaired) electrons. The number of thiazole rings is 1. The molecule has 0 aliphatic heterocycles. The molecule has 2 aromatic rings. The molecular weight excluding hydrogens is 282 g/mol. The molecule has 112 valence electrons. The monoisotopic (exact) mass is 303 g/mol. The van der Waals surface area contributed by atoms with Crippen molar-refractivity contribution in [1.82, 2.24) is 10.3 Å². The van der Waals surface area contributed by atoms with Crippen LogP contribution in [0.15, 0.2) is 29.6 Å². The highest BCUT2D eigenvalue weighted by molar-refractivity contribution is 7.13. The molecule has 4 nitrogen and oxygen atoms in total. The van der Waals surface area contributed by atoms with Crippen LogP contribution in [0.4, 0.5) is 0 Å². The van der Waals surface area contributed by atoms with E-state index < -0.39 is 0 Å². The van der Waals surface area contributed by atoms with Gasteiger partial charge in [0.1, 0.15) is 5.01 Å². The van der Waals surface area contributed by atoms with Crippen molar-refractivity contribution >= 4 is 17.2 Å². The third-order valence-corrected chi connectivity index (χ3v) is 4.12. The van der Waals surface area contributed by atoms with Gasteiger partial charge in [0.25, 0.3) is 0 Å². The number of unbranched alkanes of at least 4 members (excludes halogenated alkanes) is 1. The first-order chi connectivity index (χ1) is 10.2. The first-order valence-corrected chi connectivity index (χ1v) is 8.11. The van der Waals surface area contributed by atoms with Crippen LogP contribution >= 0.6 is 11.3 Å². The van der Waals surface area contributed by atoms with E-state index in [2.05, 4.69) is 17.2 Å². The molecule has 0 fully saturated rings. The van der Waals surface area contributed by atoms with Gasteiger partial charge >= 0.3 is 0 Å². The van der Waals surface area contributed by atoms with Crippen molar-refractivity contribution in [1.29, 1.82) is 0 Å². The zero-order valence-corrected chi connectivity index (χ0v) is 13.1. The minimum atomic E-state index is 0.0405. The van der Waals surface area contributed by atoms with Crippen molar-refractivity contribution in [3.05, 3.63) is 40.9 Å². The summed E-state index contributed by atoms with van der Waals surface area (Å²) in [5.41, 5.74) is 8.58. The highest BCUT2D eigenvalue weighted by atomic mass is 32.1. The van der Waals surface area contributed by atoms with E-state index in [0.29, 0.717) is 13.0 Å². The van der Waals surface area contributed by atoms with Gasteiger partial charge in [-0.1, -0.05) is 37.6 Å². The number of rotatable bonds is 7. The predicted octanol–water partition coefficient (Wildman–Crippen LogP) is 2.73. The summed E-state index contributed by atoms with van der Waals surface area (Å²) in [4.78, 5) is 16.3. The second-order valence-electron chi connectivity index (χ2n) is 4.93. The zero-order valence-electron chi connectivity index (χ0n) is 12.3. The SMILES string of the molecule is CCCCNC(=O)Cc1csc(-c2ccc(CN)cc2)n1. The van der Waals surface area contributed by atoms with E-state index in [0.717, 1.165) is 41.2 Å². The molecule has 0 aliphatic rings. The number of hydrogen-bond acceptors (Lipinski definition) is 4. The Morgan fingerprint density at radius 3 is 2.76 bits per heavy atom. The fraction of sp³-hybridized carbons (Fsp3) is 0.375. The number of nitrogens with zero attached hydrogens (tertiary/aromatic N) is 1. The largest absolute Gasteiger partial charge is 0.356 e. The molecule has 1 heterocycles. The van der Waals surface area contributed by atoms with Crippen LogP contribution in [0.3, 0.4) is 0 Å². The molecular formula is C16H21N3OS. The first kappa shape index (κ1) is 15.7. The van der Waals surface area contributed by atoms with Crippen LogP contribution in [0.1, 0.15) is 31.0 Å². The molecule has 2 rings (SSSR count). The van der Waals surface area contributed by atoms with Gasteiger partial charge in [-0.25, -0.2) is 4.98 Å². The third-order valence-electron chi connectivity index (χ3n) is 3.18. The summed E-state index contributed by atoms with van der Waals surface area (Å²) in [6.45, 7) is 3.39. The van der Waals surface area contributed by atoms with Crippen LogP contribution in [0.25, 0.3) is 10.6 Å². The molecule has 3 N–H and O–H groups in total. The quantitative estimate of drug-likeness (QED) is 0.773. The van der Waals surface area contributed by atoms with Crippen LogP contribution in [-0.4, -0.2) is 17.4 Å². The lowest BCUT2D eigenvalue weighted by Gasteiger charge is -2.02. The number of nitrogens with two attached hydrogens (primary N) is 1. The maximum absolute atomic E-state index is 11.8. The van der Waals surface area contributed by atoms with Crippen molar-refractivity contribution in [3.63, 3.8) is 0 Å². The number of aromatic nitrogens is 1. The maximum Gasteiger partial charge on any atom is 0.226 e. The minimum absolute atomic E-state index is 0.0405. The molecule has 0 saturated heterocycles. The van der Waals surface area contributed by atoms with E-state index in [1.54, 1.807) is 11.3 Å². The number of carbonyl (C=O) groups excluding carboxylic acids is 1. The van der Waals surface area contributed by atoms with Gasteiger partial charge in [0, 0.05) is 24.0 Å². The van der Waals surface area contributed by atoms with Crippen LogP contribution in [0.2, 0.25) is 0 Å². The lowest BCUT2D eigenvalue weighted by atomic mass is 10.1. The Labute approximate surface area is 129 Å². The van der Waals surface area contributed by atoms with Gasteiger partial charge in [-0.2, -0.15) is 0 Å². The topological polar surface area (TPSA) is 68.0 Å². The fourth-order valence-electron chi connectivity index (χ4n) is 1.94. The highest BCUT2D eigenvalue weighted by Gasteiger charge is 2.08. The molecule has 21 heavy (non-hydrogen) atoms. The molecule has 0 aliphatic carbocycles. The van der Waals surface area contributed by atoms with Crippen molar-refractivity contribution in [2.45, 2.75) is 32.7 Å². The number of hydrogen-bond donors (Lipinski definition) is 2. The van der Waals surface area contributed by atoms with Crippen LogP contribution in [0.5, 0.6) is 0 Å². The van der Waals surface area contributed by atoms with E-state index >= 15 is 0 Å². The Hall–Kier alpha value is -1.72. The molecule has 0 saturated carbocycles. The third kappa shape index (κ3) is 4.65. The van der Waals surface area contributed by atoms with Gasteiger partial charge in [0.15, 0.2) is 0 Å². The average Bonchev–Trinajstić information content (AvgIpc) is 2.96. The summed E-state index contributed by atoms with van der Waals surface area (Å²) in [5.74, 6) is 0.0405. The summed E-state index contributed by atoms with van der Waals surface area (Å²) in [6.07, 6.45) is 2.45. The van der Waals surface area contributed by atoms with Crippen molar-refractivity contribution in [2.75, 3.05) is 6.54 Å². The van der Waals surface area contributed by atoms with Gasteiger partial charge in [-0.15, -0.1) is 11.3 Å². The Kier molecular flexibility index (Phi) is 5.90. The Morgan fingerprint density at radius 1 is 1.33 bits per heavy atom. The number of benzene rings is 1. The molecule has 0 atom stereocenters. The number of carbonyl (C=O) groups is 1. The van der Waals surface area contributed by atoms with Gasteiger partial charge in [-0.05, 0) is 12.0 Å². The molecule has 5 heteroatoms. The lowest BCUT2D eigenvalue weighted by molar-refractivity contribution is -0.120. The second kappa shape index (κ2) is 7.90. The summed E-state index contributed by atoms with van der Waals surface area (Å²) in [6, 6.07) is 8.06. The van der Waals surface area contributed by atoms with Gasteiger partial charge in [0.05, 0.1) is 12.1 Å². The minimum Gasteiger partial charge on any atom is -0.356 e. The van der Waals surface area contributed by atoms with Crippen molar-refractivity contribution < 1.29 is 4.79 Å². The maximum atomic E-state index is 11.8. The van der Waals surface area contributed by atoms with Crippen LogP contribution in [-0.2, 0) is 17.8 Å². The zero-order chi connectivity index (χ0) is 15.1. The van der Waals surface area contributed by atoms with Crippen LogP contribution < -0.4 is 11.1 Å². The average molecular weight is 303 g/mol. The van der Waals surface area contributed by atoms with Gasteiger partial charge in [-0.3, -0.25) is 4.79 Å². The van der Waals surface area contributed by atoms with E-state index in [1.807, 2.05) is 29.6 Å². The van der Waals surface area contributed by atoms with Crippen LogP contribution in [0, 0.1) is 0 Å². The molecule has 1 aromatic carbocycles. The standard InChI is InChI=1S/C16H21N3OS/c1-2-3-8-18-15(20)9-14-11-21-16(19-14)13-6-4-12(10-17)5-7-13/h4-7,11H,2-3,8-10,17H2,1H3,(H,18,20). The number of nitrogens with one attached hydrogen (secondary N) is 1. The molecule has 1 amide bonds. The summed E-state index contributed by atoms with van der Waals surface area (Å²) < 4.78 is 0. The highest BCUT2D eigenvalue weighted by Crippen LogP contribution is 2.24. The van der Waals surface area contributed by atoms with Gasteiger partial charge in [0.2, 0.25) is 5.91 Å². The fourth-order valence-corrected chi connectivity index (χ4v) is 2.76. The van der Waals surface area contributed by atoms with E-state index in [1.165, 1.54) is 0 Å². The van der Waals surface area contributed by atoms with E-state index in [9.17, 15) is 4.79 Å². The van der Waals surface area contributed by atoms with E-state index in [4.69, 9.17) is 5.73 Å². The molecule has 1 aromatic heterocycles. The first-order valence-electron chi connectivity index (χ1n) is 7.23. The Balaban J connectivity index is 1.95.